The van der Waals surface area contributed by atoms with Crippen molar-refractivity contribution in [3.8, 4) is 0 Å². The number of benzene rings is 1. The van der Waals surface area contributed by atoms with Gasteiger partial charge in [0.25, 0.3) is 0 Å². The summed E-state index contributed by atoms with van der Waals surface area (Å²) in [6, 6.07) is 5.75. The molecule has 0 spiro atoms. The van der Waals surface area contributed by atoms with Crippen molar-refractivity contribution in [3.63, 3.8) is 0 Å². The summed E-state index contributed by atoms with van der Waals surface area (Å²) in [7, 11) is 2.13. The topological polar surface area (TPSA) is 35.6 Å². The maximum Gasteiger partial charge on any atom is 0.227 e. The van der Waals surface area contributed by atoms with E-state index >= 15 is 0 Å². The Morgan fingerprint density at radius 1 is 1.32 bits per heavy atom. The fourth-order valence-electron chi connectivity index (χ4n) is 2.75. The number of carbonyl (C=O) groups excluding carboxylic acids is 1. The van der Waals surface area contributed by atoms with Crippen LogP contribution in [0.3, 0.4) is 0 Å². The lowest BCUT2D eigenvalue weighted by Crippen LogP contribution is -2.44. The van der Waals surface area contributed by atoms with E-state index in [1.54, 1.807) is 0 Å². The van der Waals surface area contributed by atoms with Crippen molar-refractivity contribution in [2.45, 2.75) is 26.7 Å². The van der Waals surface area contributed by atoms with Gasteiger partial charge in [-0.3, -0.25) is 4.79 Å². The molecule has 1 aromatic rings. The van der Waals surface area contributed by atoms with Crippen molar-refractivity contribution in [3.05, 3.63) is 23.2 Å². The van der Waals surface area contributed by atoms with E-state index in [0.717, 1.165) is 50.4 Å². The van der Waals surface area contributed by atoms with Gasteiger partial charge in [-0.15, -0.1) is 0 Å². The minimum Gasteiger partial charge on any atom is -0.367 e. The average molecular weight is 324 g/mol. The van der Waals surface area contributed by atoms with Crippen LogP contribution in [-0.4, -0.2) is 44.0 Å². The van der Waals surface area contributed by atoms with Gasteiger partial charge in [-0.25, -0.2) is 0 Å². The third kappa shape index (κ3) is 4.37. The van der Waals surface area contributed by atoms with E-state index < -0.39 is 0 Å². The zero-order valence-corrected chi connectivity index (χ0v) is 14.5. The van der Waals surface area contributed by atoms with Gasteiger partial charge in [0.2, 0.25) is 5.91 Å². The number of carbonyl (C=O) groups is 1. The summed E-state index contributed by atoms with van der Waals surface area (Å²) < 4.78 is 0. The summed E-state index contributed by atoms with van der Waals surface area (Å²) in [5.74, 6) is 0.0869. The van der Waals surface area contributed by atoms with E-state index in [9.17, 15) is 4.79 Å². The second kappa shape index (κ2) is 7.84. The molecule has 0 saturated carbocycles. The van der Waals surface area contributed by atoms with Gasteiger partial charge in [0.1, 0.15) is 0 Å². The first-order chi connectivity index (χ1) is 10.5. The fraction of sp³-hybridized carbons (Fsp3) is 0.588. The van der Waals surface area contributed by atoms with Crippen molar-refractivity contribution >= 4 is 28.9 Å². The van der Waals surface area contributed by atoms with E-state index in [1.165, 1.54) is 0 Å². The van der Waals surface area contributed by atoms with Gasteiger partial charge in [0.15, 0.2) is 0 Å². The average Bonchev–Trinajstić information content (AvgIpc) is 2.49. The number of halogens is 1. The third-order valence-corrected chi connectivity index (χ3v) is 4.46. The van der Waals surface area contributed by atoms with E-state index in [4.69, 9.17) is 11.6 Å². The van der Waals surface area contributed by atoms with Crippen LogP contribution in [0.4, 0.5) is 11.4 Å². The lowest BCUT2D eigenvalue weighted by Gasteiger charge is -2.35. The number of rotatable bonds is 5. The molecule has 1 aliphatic heterocycles. The second-order valence-corrected chi connectivity index (χ2v) is 6.57. The first-order valence-electron chi connectivity index (χ1n) is 8.05. The summed E-state index contributed by atoms with van der Waals surface area (Å²) in [4.78, 5) is 16.9. The molecular formula is C17H26ClN3O. The molecule has 0 radical (unpaired) electrons. The van der Waals surface area contributed by atoms with E-state index in [1.807, 2.05) is 25.1 Å². The van der Waals surface area contributed by atoms with Gasteiger partial charge in [0.05, 0.1) is 11.4 Å². The van der Waals surface area contributed by atoms with Gasteiger partial charge >= 0.3 is 0 Å². The van der Waals surface area contributed by atoms with Crippen molar-refractivity contribution in [2.75, 3.05) is 43.4 Å². The molecule has 122 valence electrons. The van der Waals surface area contributed by atoms with Gasteiger partial charge in [-0.1, -0.05) is 31.9 Å². The molecule has 1 heterocycles. The molecular weight excluding hydrogens is 298 g/mol. The van der Waals surface area contributed by atoms with Crippen LogP contribution in [0, 0.1) is 5.92 Å². The van der Waals surface area contributed by atoms with Crippen LogP contribution < -0.4 is 10.2 Å². The monoisotopic (exact) mass is 323 g/mol. The van der Waals surface area contributed by atoms with Gasteiger partial charge in [-0.05, 0) is 31.7 Å². The number of amides is 1. The first kappa shape index (κ1) is 17.1. The highest BCUT2D eigenvalue weighted by Gasteiger charge is 2.19. The molecule has 1 N–H and O–H groups in total. The SMILES string of the molecule is CCCC(C)C(=O)Nc1cc(Cl)ccc1N1CCN(C)CC1. The zero-order valence-electron chi connectivity index (χ0n) is 13.7. The van der Waals surface area contributed by atoms with E-state index in [0.29, 0.717) is 5.02 Å². The van der Waals surface area contributed by atoms with Crippen LogP contribution in [0.5, 0.6) is 0 Å². The molecule has 1 aliphatic rings. The number of likely N-dealkylation sites (N-methyl/N-ethyl adjacent to an activating group) is 1. The van der Waals surface area contributed by atoms with Crippen LogP contribution in [0.15, 0.2) is 18.2 Å². The smallest absolute Gasteiger partial charge is 0.227 e. The normalized spacial score (nSPS) is 17.4. The molecule has 0 aliphatic carbocycles. The Morgan fingerprint density at radius 3 is 2.64 bits per heavy atom. The molecule has 4 nitrogen and oxygen atoms in total. The molecule has 2 rings (SSSR count). The Bertz CT molecular complexity index is 513. The fourth-order valence-corrected chi connectivity index (χ4v) is 2.92. The van der Waals surface area contributed by atoms with Crippen molar-refractivity contribution in [1.82, 2.24) is 4.90 Å². The molecule has 1 amide bonds. The molecule has 0 bridgehead atoms. The van der Waals surface area contributed by atoms with E-state index in [-0.39, 0.29) is 11.8 Å². The predicted molar refractivity (Wildman–Crippen MR) is 93.9 cm³/mol. The predicted octanol–water partition coefficient (Wildman–Crippen LogP) is 3.47. The highest BCUT2D eigenvalue weighted by Crippen LogP contribution is 2.30. The summed E-state index contributed by atoms with van der Waals surface area (Å²) >= 11 is 6.13. The zero-order chi connectivity index (χ0) is 16.1. The molecule has 1 atom stereocenters. The van der Waals surface area contributed by atoms with Crippen LogP contribution >= 0.6 is 11.6 Å². The maximum atomic E-state index is 12.3. The standard InChI is InChI=1S/C17H26ClN3O/c1-4-5-13(2)17(22)19-15-12-14(18)6-7-16(15)21-10-8-20(3)9-11-21/h6-7,12-13H,4-5,8-11H2,1-3H3,(H,19,22). The Labute approximate surface area is 138 Å². The molecule has 1 unspecified atom stereocenters. The number of anilines is 2. The quantitative estimate of drug-likeness (QED) is 0.901. The Hall–Kier alpha value is -1.26. The van der Waals surface area contributed by atoms with Crippen LogP contribution in [0.25, 0.3) is 0 Å². The molecule has 22 heavy (non-hydrogen) atoms. The van der Waals surface area contributed by atoms with Crippen LogP contribution in [0.1, 0.15) is 26.7 Å². The largest absolute Gasteiger partial charge is 0.367 e. The molecule has 1 fully saturated rings. The second-order valence-electron chi connectivity index (χ2n) is 6.13. The molecule has 1 saturated heterocycles. The Balaban J connectivity index is 2.15. The molecule has 0 aromatic heterocycles. The lowest BCUT2D eigenvalue weighted by atomic mass is 10.1. The Morgan fingerprint density at radius 2 is 2.00 bits per heavy atom. The number of piperazine rings is 1. The number of nitrogens with one attached hydrogen (secondary N) is 1. The highest BCUT2D eigenvalue weighted by molar-refractivity contribution is 6.31. The summed E-state index contributed by atoms with van der Waals surface area (Å²) in [6.45, 7) is 8.05. The number of hydrogen-bond donors (Lipinski definition) is 1. The summed E-state index contributed by atoms with van der Waals surface area (Å²) in [5.41, 5.74) is 1.89. The summed E-state index contributed by atoms with van der Waals surface area (Å²) in [5, 5.41) is 3.72. The van der Waals surface area contributed by atoms with E-state index in [2.05, 4.69) is 29.1 Å². The van der Waals surface area contributed by atoms with Gasteiger partial charge in [0, 0.05) is 37.1 Å². The lowest BCUT2D eigenvalue weighted by molar-refractivity contribution is -0.119. The van der Waals surface area contributed by atoms with Crippen LogP contribution in [-0.2, 0) is 4.79 Å². The minimum atomic E-state index is 0.0179. The maximum absolute atomic E-state index is 12.3. The minimum absolute atomic E-state index is 0.0179. The van der Waals surface area contributed by atoms with Crippen molar-refractivity contribution < 1.29 is 4.79 Å². The van der Waals surface area contributed by atoms with Gasteiger partial charge < -0.3 is 15.1 Å². The van der Waals surface area contributed by atoms with Gasteiger partial charge in [-0.2, -0.15) is 0 Å². The first-order valence-corrected chi connectivity index (χ1v) is 8.43. The number of nitrogens with zero attached hydrogens (tertiary/aromatic N) is 2. The third-order valence-electron chi connectivity index (χ3n) is 4.23. The molecule has 5 heteroatoms. The van der Waals surface area contributed by atoms with Crippen molar-refractivity contribution in [1.29, 1.82) is 0 Å². The Kier molecular flexibility index (Phi) is 6.09. The van der Waals surface area contributed by atoms with Crippen LogP contribution in [0.2, 0.25) is 5.02 Å². The molecule has 1 aromatic carbocycles. The summed E-state index contributed by atoms with van der Waals surface area (Å²) in [6.07, 6.45) is 1.91. The number of hydrogen-bond acceptors (Lipinski definition) is 3. The highest BCUT2D eigenvalue weighted by atomic mass is 35.5. The van der Waals surface area contributed by atoms with Crippen molar-refractivity contribution in [2.24, 2.45) is 5.92 Å².